The number of carbonyl (C=O) groups excluding carboxylic acids is 1. The molecular formula is C12H14N4O2. The Morgan fingerprint density at radius 2 is 2.33 bits per heavy atom. The van der Waals surface area contributed by atoms with Crippen molar-refractivity contribution in [2.75, 3.05) is 6.54 Å². The molecule has 0 saturated carbocycles. The van der Waals surface area contributed by atoms with Gasteiger partial charge >= 0.3 is 0 Å². The third kappa shape index (κ3) is 3.58. The summed E-state index contributed by atoms with van der Waals surface area (Å²) in [6.07, 6.45) is 3.59. The Labute approximate surface area is 104 Å². The monoisotopic (exact) mass is 246 g/mol. The summed E-state index contributed by atoms with van der Waals surface area (Å²) >= 11 is 0. The summed E-state index contributed by atoms with van der Waals surface area (Å²) in [6.45, 7) is 1.09. The summed E-state index contributed by atoms with van der Waals surface area (Å²) in [5.74, 6) is 0.0867. The fourth-order valence-corrected chi connectivity index (χ4v) is 1.58. The van der Waals surface area contributed by atoms with Crippen molar-refractivity contribution in [3.05, 3.63) is 42.2 Å². The van der Waals surface area contributed by atoms with Gasteiger partial charge in [0.15, 0.2) is 0 Å². The Balaban J connectivity index is 1.75. The van der Waals surface area contributed by atoms with Gasteiger partial charge in [-0.05, 0) is 17.7 Å². The van der Waals surface area contributed by atoms with Gasteiger partial charge in [-0.3, -0.25) is 9.48 Å². The number of nitrogens with zero attached hydrogens (tertiary/aromatic N) is 3. The molecule has 6 heteroatoms. The van der Waals surface area contributed by atoms with Crippen molar-refractivity contribution in [1.82, 2.24) is 20.3 Å². The zero-order valence-corrected chi connectivity index (χ0v) is 9.78. The van der Waals surface area contributed by atoms with Crippen LogP contribution in [-0.2, 0) is 17.8 Å². The molecule has 0 fully saturated rings. The molecule has 2 rings (SSSR count). The van der Waals surface area contributed by atoms with Gasteiger partial charge < -0.3 is 10.4 Å². The molecule has 18 heavy (non-hydrogen) atoms. The smallest absolute Gasteiger partial charge is 0.224 e. The summed E-state index contributed by atoms with van der Waals surface area (Å²) in [5.41, 5.74) is 0.785. The molecule has 0 saturated heterocycles. The fourth-order valence-electron chi connectivity index (χ4n) is 1.58. The van der Waals surface area contributed by atoms with Crippen molar-refractivity contribution in [1.29, 1.82) is 0 Å². The van der Waals surface area contributed by atoms with Crippen molar-refractivity contribution in [2.24, 2.45) is 0 Å². The van der Waals surface area contributed by atoms with Crippen molar-refractivity contribution in [2.45, 2.75) is 13.0 Å². The molecule has 6 nitrogen and oxygen atoms in total. The maximum Gasteiger partial charge on any atom is 0.224 e. The quantitative estimate of drug-likeness (QED) is 0.797. The lowest BCUT2D eigenvalue weighted by molar-refractivity contribution is -0.120. The number of phenols is 1. The van der Waals surface area contributed by atoms with E-state index in [4.69, 9.17) is 0 Å². The third-order valence-corrected chi connectivity index (χ3v) is 2.41. The number of hydrogen-bond acceptors (Lipinski definition) is 4. The Kier molecular flexibility index (Phi) is 3.90. The van der Waals surface area contributed by atoms with Crippen molar-refractivity contribution in [3.63, 3.8) is 0 Å². The Morgan fingerprint density at radius 1 is 1.44 bits per heavy atom. The molecule has 0 spiro atoms. The topological polar surface area (TPSA) is 80.0 Å². The van der Waals surface area contributed by atoms with Gasteiger partial charge in [0, 0.05) is 12.7 Å². The van der Waals surface area contributed by atoms with Gasteiger partial charge in [-0.2, -0.15) is 0 Å². The molecule has 1 aromatic carbocycles. The summed E-state index contributed by atoms with van der Waals surface area (Å²) in [6, 6.07) is 6.67. The number of amides is 1. The van der Waals surface area contributed by atoms with E-state index in [-0.39, 0.29) is 18.1 Å². The second-order valence-corrected chi connectivity index (χ2v) is 3.86. The van der Waals surface area contributed by atoms with Gasteiger partial charge in [-0.15, -0.1) is 5.10 Å². The highest BCUT2D eigenvalue weighted by molar-refractivity contribution is 5.78. The van der Waals surface area contributed by atoms with E-state index in [2.05, 4.69) is 15.6 Å². The van der Waals surface area contributed by atoms with E-state index in [1.807, 2.05) is 0 Å². The first-order valence-electron chi connectivity index (χ1n) is 5.63. The molecular weight excluding hydrogens is 232 g/mol. The molecule has 0 aliphatic carbocycles. The lowest BCUT2D eigenvalue weighted by Crippen LogP contribution is -2.28. The normalized spacial score (nSPS) is 10.2. The zero-order valence-electron chi connectivity index (χ0n) is 9.78. The fraction of sp³-hybridized carbons (Fsp3) is 0.250. The number of phenolic OH excluding ortho intramolecular Hbond substituents is 1. The molecule has 1 amide bonds. The molecule has 2 N–H and O–H groups in total. The highest BCUT2D eigenvalue weighted by atomic mass is 16.3. The van der Waals surface area contributed by atoms with Crippen LogP contribution in [-0.4, -0.2) is 32.6 Å². The third-order valence-electron chi connectivity index (χ3n) is 2.41. The largest absolute Gasteiger partial charge is 0.508 e. The lowest BCUT2D eigenvalue weighted by atomic mass is 10.1. The number of hydrogen-bond donors (Lipinski definition) is 2. The number of aromatic hydroxyl groups is 1. The van der Waals surface area contributed by atoms with Crippen LogP contribution < -0.4 is 5.32 Å². The van der Waals surface area contributed by atoms with Gasteiger partial charge in [-0.25, -0.2) is 0 Å². The molecule has 0 aliphatic rings. The molecule has 0 radical (unpaired) electrons. The van der Waals surface area contributed by atoms with Gasteiger partial charge in [-0.1, -0.05) is 17.3 Å². The van der Waals surface area contributed by atoms with E-state index < -0.39 is 0 Å². The average molecular weight is 246 g/mol. The first-order chi connectivity index (χ1) is 8.74. The summed E-state index contributed by atoms with van der Waals surface area (Å²) in [5, 5.41) is 19.5. The SMILES string of the molecule is O=C(Cc1cccc(O)c1)NCCn1ccnn1. The number of rotatable bonds is 5. The molecule has 0 unspecified atom stereocenters. The van der Waals surface area contributed by atoms with Crippen LogP contribution in [0.25, 0.3) is 0 Å². The first-order valence-corrected chi connectivity index (χ1v) is 5.63. The standard InChI is InChI=1S/C12H14N4O2/c17-11-3-1-2-10(8-11)9-12(18)13-4-6-16-7-5-14-15-16/h1-3,5,7-8,17H,4,6,9H2,(H,13,18). The minimum absolute atomic E-state index is 0.0827. The Bertz CT molecular complexity index is 511. The minimum atomic E-state index is -0.0827. The predicted octanol–water partition coefficient (Wildman–Crippen LogP) is 0.343. The van der Waals surface area contributed by atoms with Crippen LogP contribution >= 0.6 is 0 Å². The molecule has 1 heterocycles. The molecule has 0 bridgehead atoms. The second-order valence-electron chi connectivity index (χ2n) is 3.86. The van der Waals surface area contributed by atoms with E-state index in [0.29, 0.717) is 13.1 Å². The molecule has 1 aromatic heterocycles. The predicted molar refractivity (Wildman–Crippen MR) is 64.8 cm³/mol. The van der Waals surface area contributed by atoms with Crippen LogP contribution in [0.4, 0.5) is 0 Å². The molecule has 0 aliphatic heterocycles. The van der Waals surface area contributed by atoms with Crippen LogP contribution in [0.1, 0.15) is 5.56 Å². The zero-order chi connectivity index (χ0) is 12.8. The second kappa shape index (κ2) is 5.81. The highest BCUT2D eigenvalue weighted by Crippen LogP contribution is 2.10. The summed E-state index contributed by atoms with van der Waals surface area (Å²) in [4.78, 5) is 11.6. The molecule has 0 atom stereocenters. The maximum atomic E-state index is 11.6. The van der Waals surface area contributed by atoms with E-state index in [1.165, 1.54) is 0 Å². The van der Waals surface area contributed by atoms with Crippen molar-refractivity contribution < 1.29 is 9.90 Å². The average Bonchev–Trinajstić information content (AvgIpc) is 2.82. The van der Waals surface area contributed by atoms with Crippen LogP contribution in [0.3, 0.4) is 0 Å². The van der Waals surface area contributed by atoms with Crippen molar-refractivity contribution >= 4 is 5.91 Å². The number of benzene rings is 1. The van der Waals surface area contributed by atoms with Crippen LogP contribution in [0, 0.1) is 0 Å². The van der Waals surface area contributed by atoms with Crippen LogP contribution in [0.15, 0.2) is 36.7 Å². The lowest BCUT2D eigenvalue weighted by Gasteiger charge is -2.05. The molecule has 94 valence electrons. The summed E-state index contributed by atoms with van der Waals surface area (Å²) < 4.78 is 1.65. The van der Waals surface area contributed by atoms with Crippen LogP contribution in [0.5, 0.6) is 5.75 Å². The maximum absolute atomic E-state index is 11.6. The van der Waals surface area contributed by atoms with E-state index in [0.717, 1.165) is 5.56 Å². The van der Waals surface area contributed by atoms with Gasteiger partial charge in [0.1, 0.15) is 5.75 Å². The minimum Gasteiger partial charge on any atom is -0.508 e. The number of nitrogens with one attached hydrogen (secondary N) is 1. The van der Waals surface area contributed by atoms with E-state index in [1.54, 1.807) is 41.3 Å². The van der Waals surface area contributed by atoms with E-state index >= 15 is 0 Å². The first kappa shape index (κ1) is 12.1. The van der Waals surface area contributed by atoms with Crippen LogP contribution in [0.2, 0.25) is 0 Å². The van der Waals surface area contributed by atoms with Gasteiger partial charge in [0.25, 0.3) is 0 Å². The van der Waals surface area contributed by atoms with E-state index in [9.17, 15) is 9.90 Å². The Hall–Kier alpha value is -2.37. The number of carbonyl (C=O) groups is 1. The summed E-state index contributed by atoms with van der Waals surface area (Å²) in [7, 11) is 0. The highest BCUT2D eigenvalue weighted by Gasteiger charge is 2.03. The Morgan fingerprint density at radius 3 is 3.06 bits per heavy atom. The van der Waals surface area contributed by atoms with Crippen molar-refractivity contribution in [3.8, 4) is 5.75 Å². The molecule has 2 aromatic rings. The van der Waals surface area contributed by atoms with Gasteiger partial charge in [0.2, 0.25) is 5.91 Å². The number of aromatic nitrogens is 3. The van der Waals surface area contributed by atoms with Gasteiger partial charge in [0.05, 0.1) is 19.2 Å².